The lowest BCUT2D eigenvalue weighted by atomic mass is 9.97. The Bertz CT molecular complexity index is 786. The number of carbonyl (C=O) groups is 1. The summed E-state index contributed by atoms with van der Waals surface area (Å²) in [5, 5.41) is 14.9. The molecule has 3 rings (SSSR count). The van der Waals surface area contributed by atoms with Gasteiger partial charge in [-0.25, -0.2) is 0 Å². The molecule has 1 fully saturated rings. The van der Waals surface area contributed by atoms with Crippen LogP contribution in [0.5, 0.6) is 0 Å². The minimum Gasteiger partial charge on any atom is -0.339 e. The topological polar surface area (TPSA) is 102 Å². The van der Waals surface area contributed by atoms with Gasteiger partial charge < -0.3 is 9.42 Å². The van der Waals surface area contributed by atoms with E-state index in [0.717, 1.165) is 12.8 Å². The van der Waals surface area contributed by atoms with Gasteiger partial charge in [-0.1, -0.05) is 11.2 Å². The first-order chi connectivity index (χ1) is 11.5. The van der Waals surface area contributed by atoms with Crippen LogP contribution < -0.4 is 0 Å². The molecule has 2 aromatic rings. The van der Waals surface area contributed by atoms with Gasteiger partial charge in [0.1, 0.15) is 0 Å². The molecule has 1 aromatic carbocycles. The SMILES string of the molecule is Cc1noc([C@@H]2CCCN(C(=O)c3ccc(C)c([N+](=O)[O-])c3)C2)n1. The second-order valence-electron chi connectivity index (χ2n) is 6.03. The summed E-state index contributed by atoms with van der Waals surface area (Å²) in [6.07, 6.45) is 1.70. The minimum atomic E-state index is -0.466. The number of aromatic nitrogens is 2. The number of aryl methyl sites for hydroxylation is 2. The predicted octanol–water partition coefficient (Wildman–Crippen LogP) is 2.61. The van der Waals surface area contributed by atoms with Crippen LogP contribution in [0.4, 0.5) is 5.69 Å². The average molecular weight is 330 g/mol. The molecule has 0 aliphatic carbocycles. The van der Waals surface area contributed by atoms with Gasteiger partial charge in [-0.15, -0.1) is 0 Å². The van der Waals surface area contributed by atoms with Crippen molar-refractivity contribution in [3.8, 4) is 0 Å². The number of nitro benzene ring substituents is 1. The molecule has 24 heavy (non-hydrogen) atoms. The van der Waals surface area contributed by atoms with E-state index < -0.39 is 4.92 Å². The maximum atomic E-state index is 12.7. The Morgan fingerprint density at radius 1 is 1.42 bits per heavy atom. The number of nitro groups is 1. The molecule has 1 saturated heterocycles. The highest BCUT2D eigenvalue weighted by molar-refractivity contribution is 5.95. The highest BCUT2D eigenvalue weighted by atomic mass is 16.6. The van der Waals surface area contributed by atoms with Gasteiger partial charge in [0.2, 0.25) is 5.89 Å². The monoisotopic (exact) mass is 330 g/mol. The Kier molecular flexibility index (Phi) is 4.28. The molecule has 8 heteroatoms. The molecular weight excluding hydrogens is 312 g/mol. The molecule has 2 heterocycles. The third-order valence-electron chi connectivity index (χ3n) is 4.25. The molecule has 1 amide bonds. The van der Waals surface area contributed by atoms with Crippen molar-refractivity contribution in [2.45, 2.75) is 32.6 Å². The van der Waals surface area contributed by atoms with Gasteiger partial charge in [-0.2, -0.15) is 4.98 Å². The van der Waals surface area contributed by atoms with E-state index in [1.807, 2.05) is 0 Å². The molecule has 0 radical (unpaired) electrons. The van der Waals surface area contributed by atoms with Gasteiger partial charge >= 0.3 is 0 Å². The van der Waals surface area contributed by atoms with Crippen molar-refractivity contribution in [1.29, 1.82) is 0 Å². The number of amides is 1. The normalized spacial score (nSPS) is 17.8. The number of benzene rings is 1. The van der Waals surface area contributed by atoms with Crippen molar-refractivity contribution in [3.63, 3.8) is 0 Å². The van der Waals surface area contributed by atoms with Gasteiger partial charge in [0.05, 0.1) is 10.8 Å². The summed E-state index contributed by atoms with van der Waals surface area (Å²) in [7, 11) is 0. The molecule has 1 aromatic heterocycles. The number of piperidine rings is 1. The lowest BCUT2D eigenvalue weighted by Crippen LogP contribution is -2.39. The Morgan fingerprint density at radius 2 is 2.21 bits per heavy atom. The van der Waals surface area contributed by atoms with Gasteiger partial charge in [0.15, 0.2) is 5.82 Å². The van der Waals surface area contributed by atoms with Gasteiger partial charge in [0, 0.05) is 30.3 Å². The summed E-state index contributed by atoms with van der Waals surface area (Å²) in [4.78, 5) is 29.2. The average Bonchev–Trinajstić information content (AvgIpc) is 3.01. The lowest BCUT2D eigenvalue weighted by molar-refractivity contribution is -0.385. The maximum Gasteiger partial charge on any atom is 0.273 e. The van der Waals surface area contributed by atoms with Crippen molar-refractivity contribution in [2.24, 2.45) is 0 Å². The quantitative estimate of drug-likeness (QED) is 0.633. The van der Waals surface area contributed by atoms with Crippen molar-refractivity contribution in [3.05, 3.63) is 51.2 Å². The van der Waals surface area contributed by atoms with E-state index in [1.54, 1.807) is 30.9 Å². The molecule has 8 nitrogen and oxygen atoms in total. The Hall–Kier alpha value is -2.77. The standard InChI is InChI=1S/C16H18N4O4/c1-10-5-6-12(8-14(10)20(22)23)16(21)19-7-3-4-13(9-19)15-17-11(2)18-24-15/h5-6,8,13H,3-4,7,9H2,1-2H3/t13-/m1/s1. The third kappa shape index (κ3) is 3.12. The van der Waals surface area contributed by atoms with Crippen LogP contribution in [0.25, 0.3) is 0 Å². The van der Waals surface area contributed by atoms with E-state index in [9.17, 15) is 14.9 Å². The van der Waals surface area contributed by atoms with Crippen molar-refractivity contribution in [2.75, 3.05) is 13.1 Å². The summed E-state index contributed by atoms with van der Waals surface area (Å²) >= 11 is 0. The lowest BCUT2D eigenvalue weighted by Gasteiger charge is -2.31. The van der Waals surface area contributed by atoms with E-state index in [0.29, 0.717) is 35.9 Å². The molecule has 0 unspecified atom stereocenters. The fourth-order valence-electron chi connectivity index (χ4n) is 2.96. The molecule has 1 aliphatic heterocycles. The molecule has 0 spiro atoms. The zero-order chi connectivity index (χ0) is 17.3. The molecular formula is C16H18N4O4. The summed E-state index contributed by atoms with van der Waals surface area (Å²) in [5.74, 6) is 0.908. The number of hydrogen-bond donors (Lipinski definition) is 0. The number of rotatable bonds is 3. The van der Waals surface area contributed by atoms with Crippen LogP contribution in [0.2, 0.25) is 0 Å². The highest BCUT2D eigenvalue weighted by Crippen LogP contribution is 2.27. The second-order valence-corrected chi connectivity index (χ2v) is 6.03. The third-order valence-corrected chi connectivity index (χ3v) is 4.25. The Labute approximate surface area is 138 Å². The van der Waals surface area contributed by atoms with E-state index in [-0.39, 0.29) is 17.5 Å². The van der Waals surface area contributed by atoms with E-state index in [4.69, 9.17) is 4.52 Å². The van der Waals surface area contributed by atoms with Crippen LogP contribution in [-0.2, 0) is 0 Å². The highest BCUT2D eigenvalue weighted by Gasteiger charge is 2.29. The zero-order valence-corrected chi connectivity index (χ0v) is 13.6. The van der Waals surface area contributed by atoms with Crippen LogP contribution in [0, 0.1) is 24.0 Å². The van der Waals surface area contributed by atoms with Gasteiger partial charge in [-0.05, 0) is 32.8 Å². The maximum absolute atomic E-state index is 12.7. The Morgan fingerprint density at radius 3 is 2.88 bits per heavy atom. The van der Waals surface area contributed by atoms with Crippen LogP contribution in [-0.4, -0.2) is 39.0 Å². The van der Waals surface area contributed by atoms with Crippen LogP contribution in [0.15, 0.2) is 22.7 Å². The van der Waals surface area contributed by atoms with E-state index in [2.05, 4.69) is 10.1 Å². The fraction of sp³-hybridized carbons (Fsp3) is 0.438. The van der Waals surface area contributed by atoms with Gasteiger partial charge in [0.25, 0.3) is 11.6 Å². The minimum absolute atomic E-state index is 0.00401. The number of likely N-dealkylation sites (tertiary alicyclic amines) is 1. The van der Waals surface area contributed by atoms with E-state index in [1.165, 1.54) is 6.07 Å². The summed E-state index contributed by atoms with van der Waals surface area (Å²) < 4.78 is 5.22. The smallest absolute Gasteiger partial charge is 0.273 e. The number of hydrogen-bond acceptors (Lipinski definition) is 6. The van der Waals surface area contributed by atoms with Crippen LogP contribution in [0.3, 0.4) is 0 Å². The zero-order valence-electron chi connectivity index (χ0n) is 13.6. The predicted molar refractivity (Wildman–Crippen MR) is 84.7 cm³/mol. The summed E-state index contributed by atoms with van der Waals surface area (Å²) in [6, 6.07) is 4.58. The molecule has 0 bridgehead atoms. The second kappa shape index (κ2) is 6.38. The molecule has 1 aliphatic rings. The molecule has 0 saturated carbocycles. The van der Waals surface area contributed by atoms with Crippen LogP contribution >= 0.6 is 0 Å². The first kappa shape index (κ1) is 16.1. The van der Waals surface area contributed by atoms with E-state index >= 15 is 0 Å². The molecule has 126 valence electrons. The first-order valence-corrected chi connectivity index (χ1v) is 7.80. The van der Waals surface area contributed by atoms with Crippen molar-refractivity contribution >= 4 is 11.6 Å². The van der Waals surface area contributed by atoms with Crippen molar-refractivity contribution < 1.29 is 14.2 Å². The molecule has 1 atom stereocenters. The molecule has 0 N–H and O–H groups in total. The largest absolute Gasteiger partial charge is 0.339 e. The number of nitrogens with zero attached hydrogens (tertiary/aromatic N) is 4. The van der Waals surface area contributed by atoms with Crippen LogP contribution in [0.1, 0.15) is 46.4 Å². The van der Waals surface area contributed by atoms with Crippen molar-refractivity contribution in [1.82, 2.24) is 15.0 Å². The fourth-order valence-corrected chi connectivity index (χ4v) is 2.96. The summed E-state index contributed by atoms with van der Waals surface area (Å²) in [5.41, 5.74) is 0.825. The Balaban J connectivity index is 1.79. The van der Waals surface area contributed by atoms with Gasteiger partial charge in [-0.3, -0.25) is 14.9 Å². The number of carbonyl (C=O) groups excluding carboxylic acids is 1. The summed E-state index contributed by atoms with van der Waals surface area (Å²) in [6.45, 7) is 4.50. The first-order valence-electron chi connectivity index (χ1n) is 7.80.